The summed E-state index contributed by atoms with van der Waals surface area (Å²) in [5, 5.41) is 6.29. The van der Waals surface area contributed by atoms with E-state index in [9.17, 15) is 4.39 Å². The first-order valence-electron chi connectivity index (χ1n) is 6.51. The van der Waals surface area contributed by atoms with Crippen molar-refractivity contribution in [3.63, 3.8) is 0 Å². The van der Waals surface area contributed by atoms with Crippen molar-refractivity contribution in [1.82, 2.24) is 10.6 Å². The minimum absolute atomic E-state index is 0.210. The predicted octanol–water partition coefficient (Wildman–Crippen LogP) is 2.69. The lowest BCUT2D eigenvalue weighted by Gasteiger charge is -2.12. The number of nitrogens with zero attached hydrogens (tertiary/aromatic N) is 1. The van der Waals surface area contributed by atoms with E-state index in [1.165, 1.54) is 11.6 Å². The summed E-state index contributed by atoms with van der Waals surface area (Å²) < 4.78 is 13.5. The molecular weight excluding hydrogens is 253 g/mol. The van der Waals surface area contributed by atoms with Gasteiger partial charge in [0.2, 0.25) is 0 Å². The van der Waals surface area contributed by atoms with Crippen molar-refractivity contribution in [2.75, 3.05) is 7.05 Å². The molecule has 0 aliphatic rings. The minimum atomic E-state index is -0.210. The van der Waals surface area contributed by atoms with E-state index in [1.54, 1.807) is 19.2 Å². The number of rotatable bonds is 4. The summed E-state index contributed by atoms with van der Waals surface area (Å²) in [5.74, 6) is 0.440. The number of nitrogens with one attached hydrogen (secondary N) is 2. The molecular formula is C16H18FN3. The lowest BCUT2D eigenvalue weighted by molar-refractivity contribution is 0.604. The van der Waals surface area contributed by atoms with Crippen LogP contribution in [-0.4, -0.2) is 13.0 Å². The van der Waals surface area contributed by atoms with E-state index in [-0.39, 0.29) is 5.82 Å². The molecule has 20 heavy (non-hydrogen) atoms. The van der Waals surface area contributed by atoms with Gasteiger partial charge in [0.1, 0.15) is 5.82 Å². The zero-order chi connectivity index (χ0) is 14.2. The molecule has 0 heterocycles. The standard InChI is InChI=1S/C16H18FN3/c1-18-16(19-11-13-7-3-2-4-8-13)20-12-14-9-5-6-10-15(14)17/h2-10H,11-12H2,1H3,(H2,18,19,20). The van der Waals surface area contributed by atoms with Crippen LogP contribution >= 0.6 is 0 Å². The normalized spacial score (nSPS) is 11.2. The molecule has 0 saturated carbocycles. The molecule has 0 spiro atoms. The number of benzene rings is 2. The molecule has 0 aliphatic heterocycles. The highest BCUT2D eigenvalue weighted by molar-refractivity contribution is 5.79. The Kier molecular flexibility index (Phi) is 5.12. The molecule has 2 aromatic carbocycles. The number of halogens is 1. The quantitative estimate of drug-likeness (QED) is 0.662. The number of guanidine groups is 1. The summed E-state index contributed by atoms with van der Waals surface area (Å²) in [4.78, 5) is 4.12. The first-order chi connectivity index (χ1) is 9.79. The maximum Gasteiger partial charge on any atom is 0.191 e. The number of hydrogen-bond acceptors (Lipinski definition) is 1. The van der Waals surface area contributed by atoms with Crippen molar-refractivity contribution in [3.05, 3.63) is 71.5 Å². The second-order valence-corrected chi connectivity index (χ2v) is 4.36. The molecule has 0 saturated heterocycles. The largest absolute Gasteiger partial charge is 0.352 e. The third-order valence-corrected chi connectivity index (χ3v) is 2.93. The van der Waals surface area contributed by atoms with Crippen LogP contribution in [0.4, 0.5) is 4.39 Å². The van der Waals surface area contributed by atoms with Gasteiger partial charge in [-0.3, -0.25) is 4.99 Å². The minimum Gasteiger partial charge on any atom is -0.352 e. The molecule has 0 fully saturated rings. The first kappa shape index (κ1) is 14.1. The molecule has 0 amide bonds. The van der Waals surface area contributed by atoms with Crippen LogP contribution in [0, 0.1) is 5.82 Å². The van der Waals surface area contributed by atoms with Gasteiger partial charge >= 0.3 is 0 Å². The second-order valence-electron chi connectivity index (χ2n) is 4.36. The maximum atomic E-state index is 13.5. The molecule has 104 valence electrons. The molecule has 3 nitrogen and oxygen atoms in total. The van der Waals surface area contributed by atoms with Gasteiger partial charge in [0.25, 0.3) is 0 Å². The van der Waals surface area contributed by atoms with E-state index < -0.39 is 0 Å². The highest BCUT2D eigenvalue weighted by atomic mass is 19.1. The van der Waals surface area contributed by atoms with Gasteiger partial charge in [0, 0.05) is 25.7 Å². The first-order valence-corrected chi connectivity index (χ1v) is 6.51. The van der Waals surface area contributed by atoms with Gasteiger partial charge in [-0.2, -0.15) is 0 Å². The Bertz CT molecular complexity index is 567. The van der Waals surface area contributed by atoms with Crippen LogP contribution in [0.5, 0.6) is 0 Å². The summed E-state index contributed by atoms with van der Waals surface area (Å²) in [6.07, 6.45) is 0. The zero-order valence-electron chi connectivity index (χ0n) is 11.4. The van der Waals surface area contributed by atoms with E-state index >= 15 is 0 Å². The van der Waals surface area contributed by atoms with Crippen LogP contribution < -0.4 is 10.6 Å². The van der Waals surface area contributed by atoms with Crippen LogP contribution in [0.25, 0.3) is 0 Å². The lowest BCUT2D eigenvalue weighted by atomic mass is 10.2. The Morgan fingerprint density at radius 1 is 0.950 bits per heavy atom. The van der Waals surface area contributed by atoms with Gasteiger partial charge in [0.05, 0.1) is 0 Å². The molecule has 0 aliphatic carbocycles. The molecule has 0 aromatic heterocycles. The SMILES string of the molecule is CN=C(NCc1ccccc1)NCc1ccccc1F. The van der Waals surface area contributed by atoms with Crippen molar-refractivity contribution < 1.29 is 4.39 Å². The summed E-state index contributed by atoms with van der Waals surface area (Å²) in [6, 6.07) is 16.8. The van der Waals surface area contributed by atoms with Crippen molar-refractivity contribution in [1.29, 1.82) is 0 Å². The van der Waals surface area contributed by atoms with Crippen LogP contribution in [0.1, 0.15) is 11.1 Å². The van der Waals surface area contributed by atoms with Crippen LogP contribution in [0.15, 0.2) is 59.6 Å². The Morgan fingerprint density at radius 2 is 1.60 bits per heavy atom. The predicted molar refractivity (Wildman–Crippen MR) is 79.9 cm³/mol. The monoisotopic (exact) mass is 271 g/mol. The van der Waals surface area contributed by atoms with Crippen LogP contribution in [0.3, 0.4) is 0 Å². The Balaban J connectivity index is 1.86. The molecule has 0 atom stereocenters. The highest BCUT2D eigenvalue weighted by Gasteiger charge is 2.02. The van der Waals surface area contributed by atoms with Gasteiger partial charge in [-0.25, -0.2) is 4.39 Å². The molecule has 2 rings (SSSR count). The average Bonchev–Trinajstić information content (AvgIpc) is 2.50. The van der Waals surface area contributed by atoms with Gasteiger partial charge in [-0.05, 0) is 11.6 Å². The summed E-state index contributed by atoms with van der Waals surface area (Å²) in [6.45, 7) is 1.08. The molecule has 0 radical (unpaired) electrons. The molecule has 0 unspecified atom stereocenters. The fourth-order valence-electron chi connectivity index (χ4n) is 1.82. The molecule has 2 aromatic rings. The summed E-state index contributed by atoms with van der Waals surface area (Å²) >= 11 is 0. The van der Waals surface area contributed by atoms with E-state index in [1.807, 2.05) is 36.4 Å². The highest BCUT2D eigenvalue weighted by Crippen LogP contribution is 2.05. The summed E-state index contributed by atoms with van der Waals surface area (Å²) in [5.41, 5.74) is 1.79. The van der Waals surface area contributed by atoms with Crippen LogP contribution in [-0.2, 0) is 13.1 Å². The van der Waals surface area contributed by atoms with Gasteiger partial charge < -0.3 is 10.6 Å². The van der Waals surface area contributed by atoms with E-state index in [4.69, 9.17) is 0 Å². The van der Waals surface area contributed by atoms with Crippen molar-refractivity contribution >= 4 is 5.96 Å². The van der Waals surface area contributed by atoms with Gasteiger partial charge in [0.15, 0.2) is 5.96 Å². The summed E-state index contributed by atoms with van der Waals surface area (Å²) in [7, 11) is 1.70. The fourth-order valence-corrected chi connectivity index (χ4v) is 1.82. The van der Waals surface area contributed by atoms with Crippen molar-refractivity contribution in [2.45, 2.75) is 13.1 Å². The topological polar surface area (TPSA) is 36.4 Å². The maximum absolute atomic E-state index is 13.5. The van der Waals surface area contributed by atoms with E-state index in [0.717, 1.165) is 0 Å². The van der Waals surface area contributed by atoms with Crippen molar-refractivity contribution in [3.8, 4) is 0 Å². The Hall–Kier alpha value is -2.36. The molecule has 0 bridgehead atoms. The van der Waals surface area contributed by atoms with E-state index in [0.29, 0.717) is 24.6 Å². The van der Waals surface area contributed by atoms with Gasteiger partial charge in [-0.15, -0.1) is 0 Å². The Morgan fingerprint density at radius 3 is 2.30 bits per heavy atom. The smallest absolute Gasteiger partial charge is 0.191 e. The van der Waals surface area contributed by atoms with Gasteiger partial charge in [-0.1, -0.05) is 48.5 Å². The molecule has 2 N–H and O–H groups in total. The second kappa shape index (κ2) is 7.28. The third kappa shape index (κ3) is 4.09. The van der Waals surface area contributed by atoms with Crippen molar-refractivity contribution in [2.24, 2.45) is 4.99 Å². The zero-order valence-corrected chi connectivity index (χ0v) is 11.4. The fraction of sp³-hybridized carbons (Fsp3) is 0.188. The number of aliphatic imine (C=N–C) groups is 1. The van der Waals surface area contributed by atoms with E-state index in [2.05, 4.69) is 15.6 Å². The Labute approximate surface area is 118 Å². The number of hydrogen-bond donors (Lipinski definition) is 2. The van der Waals surface area contributed by atoms with Crippen LogP contribution in [0.2, 0.25) is 0 Å². The average molecular weight is 271 g/mol. The molecule has 4 heteroatoms. The lowest BCUT2D eigenvalue weighted by Crippen LogP contribution is -2.36. The third-order valence-electron chi connectivity index (χ3n) is 2.93.